The van der Waals surface area contributed by atoms with Crippen molar-refractivity contribution in [1.82, 2.24) is 4.98 Å². The summed E-state index contributed by atoms with van der Waals surface area (Å²) in [7, 11) is 1.97. The Kier molecular flexibility index (Phi) is 4.72. The van der Waals surface area contributed by atoms with E-state index in [1.54, 1.807) is 25.4 Å². The fourth-order valence-corrected chi connectivity index (χ4v) is 1.85. The molecule has 0 saturated carbocycles. The largest absolute Gasteiger partial charge is 0.343 e. The number of anilines is 3. The zero-order valence-corrected chi connectivity index (χ0v) is 12.5. The summed E-state index contributed by atoms with van der Waals surface area (Å²) >= 11 is 0. The van der Waals surface area contributed by atoms with Crippen LogP contribution >= 0.6 is 0 Å². The van der Waals surface area contributed by atoms with Gasteiger partial charge in [0.05, 0.1) is 11.9 Å². The van der Waals surface area contributed by atoms with E-state index in [1.165, 1.54) is 0 Å². The quantitative estimate of drug-likeness (QED) is 0.868. The Hall–Kier alpha value is -2.62. The highest BCUT2D eigenvalue weighted by molar-refractivity contribution is 6.03. The second kappa shape index (κ2) is 6.70. The van der Waals surface area contributed by atoms with Gasteiger partial charge in [-0.25, -0.2) is 0 Å². The molecule has 108 valence electrons. The first-order chi connectivity index (χ1) is 10.1. The van der Waals surface area contributed by atoms with Crippen molar-refractivity contribution >= 4 is 23.0 Å². The van der Waals surface area contributed by atoms with Gasteiger partial charge in [-0.15, -0.1) is 0 Å². The summed E-state index contributed by atoms with van der Waals surface area (Å²) < 4.78 is 0. The minimum atomic E-state index is -0.0846. The molecule has 4 nitrogen and oxygen atoms in total. The van der Waals surface area contributed by atoms with Gasteiger partial charge in [0.25, 0.3) is 5.91 Å². The van der Waals surface area contributed by atoms with Crippen LogP contribution in [-0.2, 0) is 4.79 Å². The Labute approximate surface area is 125 Å². The third-order valence-corrected chi connectivity index (χ3v) is 3.32. The second-order valence-electron chi connectivity index (χ2n) is 4.75. The molecule has 0 bridgehead atoms. The Morgan fingerprint density at radius 2 is 2.00 bits per heavy atom. The lowest BCUT2D eigenvalue weighted by Crippen LogP contribution is -2.14. The lowest BCUT2D eigenvalue weighted by molar-refractivity contribution is -0.112. The molecule has 2 aromatic rings. The first-order valence-electron chi connectivity index (χ1n) is 6.80. The Morgan fingerprint density at radius 3 is 2.67 bits per heavy atom. The predicted octanol–water partition coefficient (Wildman–Crippen LogP) is 3.75. The van der Waals surface area contributed by atoms with E-state index in [0.29, 0.717) is 5.57 Å². The predicted molar refractivity (Wildman–Crippen MR) is 86.8 cm³/mol. The molecule has 0 atom stereocenters. The summed E-state index contributed by atoms with van der Waals surface area (Å²) in [6.07, 6.45) is 5.34. The average molecular weight is 281 g/mol. The fourth-order valence-electron chi connectivity index (χ4n) is 1.85. The molecule has 0 radical (unpaired) electrons. The van der Waals surface area contributed by atoms with Crippen molar-refractivity contribution in [2.24, 2.45) is 0 Å². The van der Waals surface area contributed by atoms with Crippen molar-refractivity contribution < 1.29 is 4.79 Å². The molecule has 1 aromatic carbocycles. The van der Waals surface area contributed by atoms with Gasteiger partial charge >= 0.3 is 0 Å². The number of rotatable bonds is 4. The van der Waals surface area contributed by atoms with Gasteiger partial charge < -0.3 is 10.2 Å². The third-order valence-electron chi connectivity index (χ3n) is 3.32. The molecule has 2 rings (SSSR count). The molecule has 4 heteroatoms. The van der Waals surface area contributed by atoms with Crippen LogP contribution in [0.2, 0.25) is 0 Å². The third kappa shape index (κ3) is 3.69. The molecule has 1 aromatic heterocycles. The first-order valence-corrected chi connectivity index (χ1v) is 6.80. The average Bonchev–Trinajstić information content (AvgIpc) is 2.54. The standard InChI is InChI=1S/C17H19N3O/c1-4-13(2)17(21)19-14-7-5-8-15(11-14)20(3)16-9-6-10-18-12-16/h4-12H,1-3H3,(H,19,21). The molecule has 1 amide bonds. The number of carbonyl (C=O) groups excluding carboxylic acids is 1. The van der Waals surface area contributed by atoms with Gasteiger partial charge in [-0.1, -0.05) is 12.1 Å². The van der Waals surface area contributed by atoms with Crippen molar-refractivity contribution in [2.75, 3.05) is 17.3 Å². The van der Waals surface area contributed by atoms with Crippen LogP contribution < -0.4 is 10.2 Å². The van der Waals surface area contributed by atoms with Crippen LogP contribution in [0.15, 0.2) is 60.4 Å². The van der Waals surface area contributed by atoms with Crippen molar-refractivity contribution in [3.63, 3.8) is 0 Å². The van der Waals surface area contributed by atoms with E-state index in [1.807, 2.05) is 55.3 Å². The van der Waals surface area contributed by atoms with E-state index in [-0.39, 0.29) is 5.91 Å². The van der Waals surface area contributed by atoms with Crippen LogP contribution in [0.1, 0.15) is 13.8 Å². The summed E-state index contributed by atoms with van der Waals surface area (Å²) in [5.41, 5.74) is 3.44. The molecule has 0 aliphatic heterocycles. The van der Waals surface area contributed by atoms with E-state index in [9.17, 15) is 4.79 Å². The van der Waals surface area contributed by atoms with Crippen LogP contribution in [0.25, 0.3) is 0 Å². The molecule has 1 heterocycles. The maximum atomic E-state index is 11.9. The fraction of sp³-hybridized carbons (Fsp3) is 0.176. The van der Waals surface area contributed by atoms with Crippen molar-refractivity contribution in [3.05, 3.63) is 60.4 Å². The van der Waals surface area contributed by atoms with Gasteiger partial charge in [-0.2, -0.15) is 0 Å². The highest BCUT2D eigenvalue weighted by Gasteiger charge is 2.07. The number of nitrogens with zero attached hydrogens (tertiary/aromatic N) is 2. The van der Waals surface area contributed by atoms with E-state index in [2.05, 4.69) is 10.3 Å². The van der Waals surface area contributed by atoms with Crippen molar-refractivity contribution in [2.45, 2.75) is 13.8 Å². The summed E-state index contributed by atoms with van der Waals surface area (Å²) in [6.45, 7) is 3.64. The Bertz CT molecular complexity index is 650. The van der Waals surface area contributed by atoms with Crippen LogP contribution in [0, 0.1) is 0 Å². The van der Waals surface area contributed by atoms with Crippen LogP contribution in [0.3, 0.4) is 0 Å². The molecule has 21 heavy (non-hydrogen) atoms. The number of hydrogen-bond donors (Lipinski definition) is 1. The first kappa shape index (κ1) is 14.8. The minimum absolute atomic E-state index is 0.0846. The summed E-state index contributed by atoms with van der Waals surface area (Å²) in [6, 6.07) is 11.6. The summed E-state index contributed by atoms with van der Waals surface area (Å²) in [5, 5.41) is 2.89. The van der Waals surface area contributed by atoms with Gasteiger partial charge in [0, 0.05) is 30.2 Å². The topological polar surface area (TPSA) is 45.2 Å². The van der Waals surface area contributed by atoms with Gasteiger partial charge in [-0.3, -0.25) is 9.78 Å². The van der Waals surface area contributed by atoms with Crippen molar-refractivity contribution in [3.8, 4) is 0 Å². The second-order valence-corrected chi connectivity index (χ2v) is 4.75. The van der Waals surface area contributed by atoms with Crippen molar-refractivity contribution in [1.29, 1.82) is 0 Å². The SMILES string of the molecule is CC=C(C)C(=O)Nc1cccc(N(C)c2cccnc2)c1. The van der Waals surface area contributed by atoms with Crippen LogP contribution in [-0.4, -0.2) is 17.9 Å². The van der Waals surface area contributed by atoms with E-state index in [4.69, 9.17) is 0 Å². The highest BCUT2D eigenvalue weighted by atomic mass is 16.1. The molecule has 0 aliphatic carbocycles. The maximum Gasteiger partial charge on any atom is 0.250 e. The van der Waals surface area contributed by atoms with Crippen LogP contribution in [0.4, 0.5) is 17.1 Å². The molecule has 0 saturated heterocycles. The number of carbonyl (C=O) groups is 1. The molecule has 0 fully saturated rings. The Morgan fingerprint density at radius 1 is 1.24 bits per heavy atom. The number of amides is 1. The van der Waals surface area contributed by atoms with Gasteiger partial charge in [-0.05, 0) is 44.2 Å². The minimum Gasteiger partial charge on any atom is -0.343 e. The lowest BCUT2D eigenvalue weighted by Gasteiger charge is -2.19. The molecule has 0 aliphatic rings. The smallest absolute Gasteiger partial charge is 0.250 e. The molecule has 1 N–H and O–H groups in total. The summed E-state index contributed by atoms with van der Waals surface area (Å²) in [5.74, 6) is -0.0846. The summed E-state index contributed by atoms with van der Waals surface area (Å²) in [4.78, 5) is 18.0. The monoisotopic (exact) mass is 281 g/mol. The molecular formula is C17H19N3O. The van der Waals surface area contributed by atoms with Gasteiger partial charge in [0.1, 0.15) is 0 Å². The molecular weight excluding hydrogens is 262 g/mol. The number of allylic oxidation sites excluding steroid dienone is 1. The normalized spacial score (nSPS) is 11.1. The number of nitrogens with one attached hydrogen (secondary N) is 1. The zero-order chi connectivity index (χ0) is 15.2. The van der Waals surface area contributed by atoms with Crippen LogP contribution in [0.5, 0.6) is 0 Å². The lowest BCUT2D eigenvalue weighted by atomic mass is 10.2. The maximum absolute atomic E-state index is 11.9. The van der Waals surface area contributed by atoms with E-state index >= 15 is 0 Å². The van der Waals surface area contributed by atoms with E-state index in [0.717, 1.165) is 17.1 Å². The number of hydrogen-bond acceptors (Lipinski definition) is 3. The Balaban J connectivity index is 2.20. The van der Waals surface area contributed by atoms with Gasteiger partial charge in [0.15, 0.2) is 0 Å². The molecule has 0 unspecified atom stereocenters. The highest BCUT2D eigenvalue weighted by Crippen LogP contribution is 2.25. The molecule has 0 spiro atoms. The van der Waals surface area contributed by atoms with Gasteiger partial charge in [0.2, 0.25) is 0 Å². The number of pyridine rings is 1. The number of benzene rings is 1. The zero-order valence-electron chi connectivity index (χ0n) is 12.5. The number of aromatic nitrogens is 1. The van der Waals surface area contributed by atoms with E-state index < -0.39 is 0 Å².